The first-order chi connectivity index (χ1) is 16.7. The molecule has 0 radical (unpaired) electrons. The van der Waals surface area contributed by atoms with Gasteiger partial charge in [-0.2, -0.15) is 26.3 Å². The molecule has 1 atom stereocenters. The lowest BCUT2D eigenvalue weighted by molar-refractivity contribution is -0.143. The van der Waals surface area contributed by atoms with E-state index >= 15 is 0 Å². The molecule has 0 aromatic heterocycles. The second-order valence-electron chi connectivity index (χ2n) is 8.31. The molecular formula is C25H24F6N2O2S. The Bertz CT molecular complexity index is 1210. The van der Waals surface area contributed by atoms with Crippen LogP contribution in [0.3, 0.4) is 0 Å². The summed E-state index contributed by atoms with van der Waals surface area (Å²) < 4.78 is 109. The molecule has 3 aromatic rings. The molecule has 4 nitrogen and oxygen atoms in total. The monoisotopic (exact) mass is 530 g/mol. The first kappa shape index (κ1) is 27.7. The van der Waals surface area contributed by atoms with Crippen molar-refractivity contribution in [2.45, 2.75) is 48.6 Å². The van der Waals surface area contributed by atoms with Gasteiger partial charge in [0.25, 0.3) is 0 Å². The van der Waals surface area contributed by atoms with Gasteiger partial charge in [0.1, 0.15) is 0 Å². The van der Waals surface area contributed by atoms with Gasteiger partial charge in [-0.3, -0.25) is 0 Å². The van der Waals surface area contributed by atoms with E-state index in [1.165, 1.54) is 0 Å². The number of nitrogens with one attached hydrogen (secondary N) is 1. The molecule has 0 saturated heterocycles. The van der Waals surface area contributed by atoms with Crippen molar-refractivity contribution in [1.82, 2.24) is 4.72 Å². The molecule has 11 heteroatoms. The van der Waals surface area contributed by atoms with Crippen molar-refractivity contribution in [3.63, 3.8) is 0 Å². The number of alkyl halides is 6. The van der Waals surface area contributed by atoms with Crippen molar-refractivity contribution in [1.29, 1.82) is 0 Å². The second kappa shape index (κ2) is 10.2. The van der Waals surface area contributed by atoms with Gasteiger partial charge in [-0.05, 0) is 35.7 Å². The van der Waals surface area contributed by atoms with Gasteiger partial charge < -0.3 is 5.73 Å². The van der Waals surface area contributed by atoms with Crippen LogP contribution in [0.15, 0.2) is 83.8 Å². The van der Waals surface area contributed by atoms with Crippen LogP contribution in [0.4, 0.5) is 26.3 Å². The predicted octanol–water partition coefficient (Wildman–Crippen LogP) is 6.07. The molecule has 0 bridgehead atoms. The zero-order valence-electron chi connectivity index (χ0n) is 19.1. The fraction of sp³-hybridized carbons (Fsp3) is 0.280. The summed E-state index contributed by atoms with van der Waals surface area (Å²) in [5, 5.41) is 0. The smallest absolute Gasteiger partial charge is 0.316 e. The Balaban J connectivity index is 2.17. The first-order valence-electron chi connectivity index (χ1n) is 10.9. The molecule has 3 N–H and O–H groups in total. The number of benzene rings is 3. The average Bonchev–Trinajstić information content (AvgIpc) is 2.83. The van der Waals surface area contributed by atoms with E-state index in [1.807, 2.05) is 0 Å². The molecule has 0 spiro atoms. The Morgan fingerprint density at radius 1 is 0.750 bits per heavy atom. The van der Waals surface area contributed by atoms with Gasteiger partial charge in [-0.1, -0.05) is 74.0 Å². The highest BCUT2D eigenvalue weighted by Crippen LogP contribution is 2.38. The Morgan fingerprint density at radius 2 is 1.17 bits per heavy atom. The van der Waals surface area contributed by atoms with Crippen LogP contribution >= 0.6 is 0 Å². The maximum absolute atomic E-state index is 13.3. The molecular weight excluding hydrogens is 506 g/mol. The SMILES string of the molecule is CCC[C@H](NS(=O)(=O)c1cc(C(F)(F)F)cc(C(F)(F)F)c1)C(N)(c1ccccc1)c1ccccc1. The number of rotatable bonds is 8. The van der Waals surface area contributed by atoms with Gasteiger partial charge in [0.15, 0.2) is 0 Å². The molecule has 3 rings (SSSR count). The topological polar surface area (TPSA) is 72.2 Å². The Morgan fingerprint density at radius 3 is 1.53 bits per heavy atom. The molecule has 0 aliphatic carbocycles. The lowest BCUT2D eigenvalue weighted by Crippen LogP contribution is -2.56. The highest BCUT2D eigenvalue weighted by Gasteiger charge is 2.42. The van der Waals surface area contributed by atoms with Crippen LogP contribution in [-0.2, 0) is 27.9 Å². The van der Waals surface area contributed by atoms with Gasteiger partial charge in [-0.25, -0.2) is 13.1 Å². The van der Waals surface area contributed by atoms with E-state index in [0.717, 1.165) is 0 Å². The van der Waals surface area contributed by atoms with Gasteiger partial charge in [0, 0.05) is 6.04 Å². The summed E-state index contributed by atoms with van der Waals surface area (Å²) in [5.41, 5.74) is 2.95. The third-order valence-corrected chi connectivity index (χ3v) is 7.25. The quantitative estimate of drug-likeness (QED) is 0.347. The van der Waals surface area contributed by atoms with E-state index in [1.54, 1.807) is 67.6 Å². The maximum Gasteiger partial charge on any atom is 0.416 e. The van der Waals surface area contributed by atoms with E-state index in [9.17, 15) is 34.8 Å². The predicted molar refractivity (Wildman–Crippen MR) is 123 cm³/mol. The minimum absolute atomic E-state index is 0.121. The van der Waals surface area contributed by atoms with E-state index in [0.29, 0.717) is 17.5 Å². The highest BCUT2D eigenvalue weighted by atomic mass is 32.2. The number of sulfonamides is 1. The second-order valence-corrected chi connectivity index (χ2v) is 10.0. The number of nitrogens with two attached hydrogens (primary N) is 1. The van der Waals surface area contributed by atoms with Crippen molar-refractivity contribution < 1.29 is 34.8 Å². The molecule has 194 valence electrons. The van der Waals surface area contributed by atoms with Gasteiger partial charge in [0.05, 0.1) is 21.6 Å². The molecule has 0 heterocycles. The summed E-state index contributed by atoms with van der Waals surface area (Å²) in [4.78, 5) is -1.16. The molecule has 36 heavy (non-hydrogen) atoms. The molecule has 0 unspecified atom stereocenters. The minimum Gasteiger partial charge on any atom is -0.316 e. The van der Waals surface area contributed by atoms with Crippen LogP contribution in [0.2, 0.25) is 0 Å². The van der Waals surface area contributed by atoms with Crippen molar-refractivity contribution in [2.75, 3.05) is 0 Å². The summed E-state index contributed by atoms with van der Waals surface area (Å²) in [5.74, 6) is 0. The lowest BCUT2D eigenvalue weighted by atomic mass is 9.76. The van der Waals surface area contributed by atoms with E-state index in [4.69, 9.17) is 5.73 Å². The molecule has 0 saturated carbocycles. The summed E-state index contributed by atoms with van der Waals surface area (Å²) in [6.07, 6.45) is -9.83. The van der Waals surface area contributed by atoms with Crippen LogP contribution in [0, 0.1) is 0 Å². The summed E-state index contributed by atoms with van der Waals surface area (Å²) >= 11 is 0. The normalized spacial score (nSPS) is 14.0. The maximum atomic E-state index is 13.3. The van der Waals surface area contributed by atoms with Gasteiger partial charge in [-0.15, -0.1) is 0 Å². The largest absolute Gasteiger partial charge is 0.416 e. The molecule has 0 amide bonds. The Kier molecular flexibility index (Phi) is 7.87. The van der Waals surface area contributed by atoms with Crippen LogP contribution in [0.1, 0.15) is 42.0 Å². The molecule has 3 aromatic carbocycles. The number of hydrogen-bond acceptors (Lipinski definition) is 3. The summed E-state index contributed by atoms with van der Waals surface area (Å²) in [7, 11) is -4.88. The van der Waals surface area contributed by atoms with E-state index in [2.05, 4.69) is 4.72 Å². The van der Waals surface area contributed by atoms with Crippen molar-refractivity contribution in [2.24, 2.45) is 5.73 Å². The zero-order chi connectivity index (χ0) is 26.8. The van der Waals surface area contributed by atoms with Crippen LogP contribution in [-0.4, -0.2) is 14.5 Å². The number of halogens is 6. The number of hydrogen-bond donors (Lipinski definition) is 2. The summed E-state index contributed by atoms with van der Waals surface area (Å²) in [6, 6.07) is 16.1. The van der Waals surface area contributed by atoms with Crippen LogP contribution in [0.25, 0.3) is 0 Å². The zero-order valence-corrected chi connectivity index (χ0v) is 19.9. The van der Waals surface area contributed by atoms with E-state index < -0.39 is 50.0 Å². The third kappa shape index (κ3) is 5.91. The minimum atomic E-state index is -5.19. The highest BCUT2D eigenvalue weighted by molar-refractivity contribution is 7.89. The Labute approximate surface area is 205 Å². The first-order valence-corrected chi connectivity index (χ1v) is 12.4. The third-order valence-electron chi connectivity index (χ3n) is 5.80. The summed E-state index contributed by atoms with van der Waals surface area (Å²) in [6.45, 7) is 1.75. The Hall–Kier alpha value is -2.89. The molecule has 0 aliphatic rings. The molecule has 0 fully saturated rings. The van der Waals surface area contributed by atoms with Gasteiger partial charge in [0.2, 0.25) is 10.0 Å². The molecule has 0 aliphatic heterocycles. The fourth-order valence-corrected chi connectivity index (χ4v) is 5.38. The fourth-order valence-electron chi connectivity index (χ4n) is 4.00. The van der Waals surface area contributed by atoms with Gasteiger partial charge >= 0.3 is 12.4 Å². The van der Waals surface area contributed by atoms with Crippen LogP contribution in [0.5, 0.6) is 0 Å². The average molecular weight is 531 g/mol. The van der Waals surface area contributed by atoms with Crippen molar-refractivity contribution >= 4 is 10.0 Å². The standard InChI is InChI=1S/C25H24F6N2O2S/c1-2-9-22(23(32,17-10-5-3-6-11-17)18-12-7-4-8-13-18)33-36(34,35)21-15-19(24(26,27)28)14-20(16-21)25(29,30)31/h3-8,10-16,22,33H,2,9,32H2,1H3/t22-/m0/s1. The van der Waals surface area contributed by atoms with Crippen molar-refractivity contribution in [3.05, 3.63) is 101 Å². The lowest BCUT2D eigenvalue weighted by Gasteiger charge is -2.39. The van der Waals surface area contributed by atoms with Crippen molar-refractivity contribution in [3.8, 4) is 0 Å². The van der Waals surface area contributed by atoms with E-state index in [-0.39, 0.29) is 24.6 Å². The van der Waals surface area contributed by atoms with Crippen LogP contribution < -0.4 is 10.5 Å².